The number of carbonyl (C=O) groups excluding carboxylic acids is 2. The molecule has 3 rings (SSSR count). The van der Waals surface area contributed by atoms with Gasteiger partial charge in [-0.2, -0.15) is 0 Å². The van der Waals surface area contributed by atoms with Crippen LogP contribution in [-0.2, 0) is 11.3 Å². The number of benzene rings is 2. The molecule has 0 spiro atoms. The zero-order valence-corrected chi connectivity index (χ0v) is 21.3. The molecule has 0 saturated heterocycles. The van der Waals surface area contributed by atoms with Gasteiger partial charge in [0.1, 0.15) is 5.75 Å². The average Bonchev–Trinajstić information content (AvgIpc) is 2.86. The SMILES string of the molecule is COCCn1c(SCC(=O)c2ccc(OC)cc2)nc2cc(C(=O)NCCC(C)C)ccc2c1=O. The summed E-state index contributed by atoms with van der Waals surface area (Å²) in [7, 11) is 3.13. The number of fused-ring (bicyclic) bond motifs is 1. The quantitative estimate of drug-likeness (QED) is 0.231. The van der Waals surface area contributed by atoms with Crippen LogP contribution in [0.2, 0.25) is 0 Å². The van der Waals surface area contributed by atoms with Crippen molar-refractivity contribution in [2.75, 3.05) is 33.1 Å². The van der Waals surface area contributed by atoms with Crippen molar-refractivity contribution in [1.82, 2.24) is 14.9 Å². The molecule has 35 heavy (non-hydrogen) atoms. The van der Waals surface area contributed by atoms with E-state index in [1.807, 2.05) is 0 Å². The number of rotatable bonds is 12. The summed E-state index contributed by atoms with van der Waals surface area (Å²) in [6.45, 7) is 5.39. The molecule has 0 aliphatic rings. The van der Waals surface area contributed by atoms with Gasteiger partial charge in [-0.05, 0) is 54.8 Å². The van der Waals surface area contributed by atoms with Crippen LogP contribution in [0.3, 0.4) is 0 Å². The van der Waals surface area contributed by atoms with E-state index in [1.54, 1.807) is 56.7 Å². The van der Waals surface area contributed by atoms with E-state index in [0.717, 1.165) is 6.42 Å². The number of hydrogen-bond acceptors (Lipinski definition) is 7. The van der Waals surface area contributed by atoms with Crippen LogP contribution in [0.5, 0.6) is 5.75 Å². The second-order valence-corrected chi connectivity index (χ2v) is 9.40. The fourth-order valence-corrected chi connectivity index (χ4v) is 4.32. The third-order valence-corrected chi connectivity index (χ3v) is 6.43. The van der Waals surface area contributed by atoms with Gasteiger partial charge < -0.3 is 14.8 Å². The Morgan fingerprint density at radius 2 is 1.80 bits per heavy atom. The number of Topliss-reactive ketones (excluding diaryl/α,β-unsaturated/α-hetero) is 1. The Morgan fingerprint density at radius 1 is 1.09 bits per heavy atom. The van der Waals surface area contributed by atoms with E-state index < -0.39 is 0 Å². The molecule has 0 fully saturated rings. The van der Waals surface area contributed by atoms with Crippen LogP contribution in [0.25, 0.3) is 10.9 Å². The molecule has 0 saturated carbocycles. The zero-order chi connectivity index (χ0) is 25.4. The maximum atomic E-state index is 13.2. The highest BCUT2D eigenvalue weighted by Crippen LogP contribution is 2.21. The molecule has 9 heteroatoms. The predicted molar refractivity (Wildman–Crippen MR) is 138 cm³/mol. The highest BCUT2D eigenvalue weighted by Gasteiger charge is 2.16. The van der Waals surface area contributed by atoms with Gasteiger partial charge in [-0.1, -0.05) is 25.6 Å². The number of nitrogens with one attached hydrogen (secondary N) is 1. The minimum absolute atomic E-state index is 0.0939. The Labute approximate surface area is 209 Å². The molecule has 1 N–H and O–H groups in total. The maximum absolute atomic E-state index is 13.2. The summed E-state index contributed by atoms with van der Waals surface area (Å²) in [5.41, 5.74) is 1.16. The summed E-state index contributed by atoms with van der Waals surface area (Å²) in [5.74, 6) is 0.958. The van der Waals surface area contributed by atoms with Gasteiger partial charge in [0.15, 0.2) is 10.9 Å². The number of amides is 1. The summed E-state index contributed by atoms with van der Waals surface area (Å²) in [6, 6.07) is 11.8. The van der Waals surface area contributed by atoms with Crippen molar-refractivity contribution in [3.63, 3.8) is 0 Å². The van der Waals surface area contributed by atoms with E-state index in [1.165, 1.54) is 16.3 Å². The maximum Gasteiger partial charge on any atom is 0.262 e. The van der Waals surface area contributed by atoms with Crippen LogP contribution in [0.4, 0.5) is 0 Å². The van der Waals surface area contributed by atoms with Gasteiger partial charge in [0, 0.05) is 24.8 Å². The van der Waals surface area contributed by atoms with E-state index in [4.69, 9.17) is 9.47 Å². The predicted octanol–water partition coefficient (Wildman–Crippen LogP) is 3.80. The fourth-order valence-electron chi connectivity index (χ4n) is 3.40. The first kappa shape index (κ1) is 26.4. The Balaban J connectivity index is 1.87. The van der Waals surface area contributed by atoms with Gasteiger partial charge in [-0.25, -0.2) is 4.98 Å². The first-order valence-electron chi connectivity index (χ1n) is 11.5. The molecule has 2 aromatic carbocycles. The standard InChI is InChI=1S/C26H31N3O5S/c1-17(2)11-12-27-24(31)19-7-10-21-22(15-19)28-26(29(25(21)32)13-14-33-3)35-16-23(30)18-5-8-20(34-4)9-6-18/h5-10,15,17H,11-14,16H2,1-4H3,(H,27,31). The largest absolute Gasteiger partial charge is 0.497 e. The van der Waals surface area contributed by atoms with E-state index >= 15 is 0 Å². The molecule has 0 radical (unpaired) electrons. The number of ketones is 1. The molecule has 8 nitrogen and oxygen atoms in total. The monoisotopic (exact) mass is 497 g/mol. The van der Waals surface area contributed by atoms with Crippen LogP contribution in [0.1, 0.15) is 41.0 Å². The molecule has 1 amide bonds. The second kappa shape index (κ2) is 12.5. The fraction of sp³-hybridized carbons (Fsp3) is 0.385. The van der Waals surface area contributed by atoms with Crippen LogP contribution in [0.15, 0.2) is 52.4 Å². The van der Waals surface area contributed by atoms with Gasteiger partial charge in [0.05, 0.1) is 36.9 Å². The number of aromatic nitrogens is 2. The van der Waals surface area contributed by atoms with Gasteiger partial charge in [0.2, 0.25) is 0 Å². The Kier molecular flexibility index (Phi) is 9.45. The summed E-state index contributed by atoms with van der Waals surface area (Å²) in [5, 5.41) is 3.71. The van der Waals surface area contributed by atoms with Crippen LogP contribution < -0.4 is 15.6 Å². The van der Waals surface area contributed by atoms with E-state index in [0.29, 0.717) is 58.6 Å². The van der Waals surface area contributed by atoms with Crippen molar-refractivity contribution in [2.45, 2.75) is 32.0 Å². The molecule has 0 atom stereocenters. The molecular formula is C26H31N3O5S. The summed E-state index contributed by atoms with van der Waals surface area (Å²) in [6.07, 6.45) is 0.880. The summed E-state index contributed by atoms with van der Waals surface area (Å²) < 4.78 is 11.8. The topological polar surface area (TPSA) is 99.5 Å². The highest BCUT2D eigenvalue weighted by molar-refractivity contribution is 7.99. The van der Waals surface area contributed by atoms with Crippen LogP contribution in [-0.4, -0.2) is 54.4 Å². The molecule has 0 aliphatic heterocycles. The average molecular weight is 498 g/mol. The van der Waals surface area contributed by atoms with Crippen molar-refractivity contribution in [3.8, 4) is 5.75 Å². The normalized spacial score (nSPS) is 11.1. The van der Waals surface area contributed by atoms with Crippen molar-refractivity contribution in [3.05, 3.63) is 63.9 Å². The minimum atomic E-state index is -0.238. The van der Waals surface area contributed by atoms with Gasteiger partial charge in [0.25, 0.3) is 11.5 Å². The van der Waals surface area contributed by atoms with Gasteiger partial charge in [-0.15, -0.1) is 0 Å². The van der Waals surface area contributed by atoms with Crippen molar-refractivity contribution in [1.29, 1.82) is 0 Å². The van der Waals surface area contributed by atoms with E-state index in [-0.39, 0.29) is 23.0 Å². The molecule has 0 aliphatic carbocycles. The van der Waals surface area contributed by atoms with Gasteiger partial charge in [-0.3, -0.25) is 19.0 Å². The Morgan fingerprint density at radius 3 is 2.46 bits per heavy atom. The number of thioether (sulfide) groups is 1. The number of nitrogens with zero attached hydrogens (tertiary/aromatic N) is 2. The lowest BCUT2D eigenvalue weighted by atomic mass is 10.1. The lowest BCUT2D eigenvalue weighted by Gasteiger charge is -2.13. The van der Waals surface area contributed by atoms with E-state index in [9.17, 15) is 14.4 Å². The van der Waals surface area contributed by atoms with E-state index in [2.05, 4.69) is 24.1 Å². The highest BCUT2D eigenvalue weighted by atomic mass is 32.2. The molecule has 0 bridgehead atoms. The Bertz CT molecular complexity index is 1240. The molecule has 1 aromatic heterocycles. The first-order chi connectivity index (χ1) is 16.8. The molecule has 0 unspecified atom stereocenters. The van der Waals surface area contributed by atoms with Gasteiger partial charge >= 0.3 is 0 Å². The van der Waals surface area contributed by atoms with Crippen molar-refractivity contribution >= 4 is 34.4 Å². The lowest BCUT2D eigenvalue weighted by molar-refractivity contribution is 0.0951. The lowest BCUT2D eigenvalue weighted by Crippen LogP contribution is -2.27. The molecular weight excluding hydrogens is 466 g/mol. The third-order valence-electron chi connectivity index (χ3n) is 5.45. The smallest absolute Gasteiger partial charge is 0.262 e. The third kappa shape index (κ3) is 6.93. The molecule has 3 aromatic rings. The number of ether oxygens (including phenoxy) is 2. The Hall–Kier alpha value is -3.17. The van der Waals surface area contributed by atoms with Crippen LogP contribution in [0, 0.1) is 5.92 Å². The van der Waals surface area contributed by atoms with Crippen molar-refractivity contribution < 1.29 is 19.1 Å². The minimum Gasteiger partial charge on any atom is -0.497 e. The first-order valence-corrected chi connectivity index (χ1v) is 12.4. The number of methoxy groups -OCH3 is 2. The molecule has 1 heterocycles. The summed E-state index contributed by atoms with van der Waals surface area (Å²) >= 11 is 1.19. The molecule has 186 valence electrons. The van der Waals surface area contributed by atoms with Crippen LogP contribution >= 0.6 is 11.8 Å². The summed E-state index contributed by atoms with van der Waals surface area (Å²) in [4.78, 5) is 43.2. The number of hydrogen-bond donors (Lipinski definition) is 1. The number of carbonyl (C=O) groups is 2. The second-order valence-electron chi connectivity index (χ2n) is 8.45. The van der Waals surface area contributed by atoms with Crippen molar-refractivity contribution in [2.24, 2.45) is 5.92 Å². The zero-order valence-electron chi connectivity index (χ0n) is 20.5.